The molecule has 1 heterocycles. The van der Waals surface area contributed by atoms with E-state index in [1.807, 2.05) is 4.68 Å². The van der Waals surface area contributed by atoms with Gasteiger partial charge in [0.2, 0.25) is 0 Å². The van der Waals surface area contributed by atoms with E-state index in [0.29, 0.717) is 18.8 Å². The van der Waals surface area contributed by atoms with Crippen LogP contribution in [0.5, 0.6) is 0 Å². The number of nitrogens with zero attached hydrogens (tertiary/aromatic N) is 3. The molecule has 1 aliphatic carbocycles. The molecule has 1 saturated carbocycles. The Morgan fingerprint density at radius 2 is 2.18 bits per heavy atom. The molecule has 0 atom stereocenters. The van der Waals surface area contributed by atoms with Gasteiger partial charge in [0.25, 0.3) is 0 Å². The summed E-state index contributed by atoms with van der Waals surface area (Å²) in [6.45, 7) is 3.61. The van der Waals surface area contributed by atoms with E-state index in [1.165, 1.54) is 0 Å². The number of hydrogen-bond donors (Lipinski definition) is 1. The molecule has 0 bridgehead atoms. The molecule has 0 amide bonds. The zero-order chi connectivity index (χ0) is 12.1. The number of aryl methyl sites for hydroxylation is 1. The van der Waals surface area contributed by atoms with Crippen LogP contribution in [-0.4, -0.2) is 26.9 Å². The molecule has 1 fully saturated rings. The second kappa shape index (κ2) is 6.12. The van der Waals surface area contributed by atoms with E-state index >= 15 is 0 Å². The van der Waals surface area contributed by atoms with Crippen LogP contribution in [0, 0.1) is 0 Å². The predicted octanol–water partition coefficient (Wildman–Crippen LogP) is 1.47. The number of nitrogens with two attached hydrogens (primary N) is 1. The van der Waals surface area contributed by atoms with E-state index in [-0.39, 0.29) is 0 Å². The molecule has 17 heavy (non-hydrogen) atoms. The summed E-state index contributed by atoms with van der Waals surface area (Å²) in [7, 11) is 0. The third kappa shape index (κ3) is 3.51. The Morgan fingerprint density at radius 1 is 1.41 bits per heavy atom. The number of rotatable bonds is 5. The number of ether oxygens (including phenoxy) is 1. The molecule has 1 aliphatic rings. The van der Waals surface area contributed by atoms with E-state index in [2.05, 4.69) is 17.0 Å². The minimum Gasteiger partial charge on any atom is -0.370 e. The molecule has 96 valence electrons. The van der Waals surface area contributed by atoms with Crippen LogP contribution in [0.3, 0.4) is 0 Å². The van der Waals surface area contributed by atoms with E-state index < -0.39 is 0 Å². The van der Waals surface area contributed by atoms with Crippen molar-refractivity contribution in [2.24, 2.45) is 5.73 Å². The van der Waals surface area contributed by atoms with E-state index in [0.717, 1.165) is 44.5 Å². The summed E-state index contributed by atoms with van der Waals surface area (Å²) in [5.74, 6) is 0.932. The van der Waals surface area contributed by atoms with Gasteiger partial charge in [0.05, 0.1) is 6.10 Å². The number of hydrogen-bond acceptors (Lipinski definition) is 4. The van der Waals surface area contributed by atoms with Gasteiger partial charge < -0.3 is 10.5 Å². The normalized spacial score (nSPS) is 25.1. The monoisotopic (exact) mass is 238 g/mol. The maximum atomic E-state index is 5.88. The van der Waals surface area contributed by atoms with Gasteiger partial charge in [-0.1, -0.05) is 6.92 Å². The lowest BCUT2D eigenvalue weighted by atomic mass is 9.94. The Kier molecular flexibility index (Phi) is 4.50. The summed E-state index contributed by atoms with van der Waals surface area (Å²) in [5.41, 5.74) is 5.87. The highest BCUT2D eigenvalue weighted by Gasteiger charge is 2.19. The van der Waals surface area contributed by atoms with E-state index in [1.54, 1.807) is 6.33 Å². The van der Waals surface area contributed by atoms with Crippen molar-refractivity contribution < 1.29 is 4.74 Å². The third-order valence-electron chi connectivity index (χ3n) is 3.30. The van der Waals surface area contributed by atoms with Crippen LogP contribution in [0.2, 0.25) is 0 Å². The first-order chi connectivity index (χ1) is 8.29. The first-order valence-electron chi connectivity index (χ1n) is 6.53. The molecule has 1 aromatic heterocycles. The molecular weight excluding hydrogens is 216 g/mol. The minimum atomic E-state index is 0.349. The highest BCUT2D eigenvalue weighted by Crippen LogP contribution is 2.20. The summed E-state index contributed by atoms with van der Waals surface area (Å²) in [6, 6.07) is 0.374. The highest BCUT2D eigenvalue weighted by molar-refractivity contribution is 4.82. The molecule has 0 unspecified atom stereocenters. The molecule has 1 aromatic rings. The van der Waals surface area contributed by atoms with Crippen molar-refractivity contribution in [3.05, 3.63) is 12.2 Å². The van der Waals surface area contributed by atoms with Crippen LogP contribution >= 0.6 is 0 Å². The van der Waals surface area contributed by atoms with Crippen LogP contribution < -0.4 is 5.73 Å². The number of aromatic nitrogens is 3. The average Bonchev–Trinajstić information content (AvgIpc) is 2.77. The predicted molar refractivity (Wildman–Crippen MR) is 65.3 cm³/mol. The largest absolute Gasteiger partial charge is 0.370 e. The fourth-order valence-corrected chi connectivity index (χ4v) is 2.25. The van der Waals surface area contributed by atoms with E-state index in [9.17, 15) is 0 Å². The fourth-order valence-electron chi connectivity index (χ4n) is 2.25. The summed E-state index contributed by atoms with van der Waals surface area (Å²) < 4.78 is 7.81. The summed E-state index contributed by atoms with van der Waals surface area (Å²) in [6.07, 6.45) is 7.31. The van der Waals surface area contributed by atoms with Crippen molar-refractivity contribution in [2.45, 2.75) is 64.3 Å². The highest BCUT2D eigenvalue weighted by atomic mass is 16.5. The molecule has 2 rings (SSSR count). The molecule has 0 aliphatic heterocycles. The van der Waals surface area contributed by atoms with Gasteiger partial charge in [-0.15, -0.1) is 0 Å². The zero-order valence-electron chi connectivity index (χ0n) is 10.5. The quantitative estimate of drug-likeness (QED) is 0.843. The molecular formula is C12H22N4O. The molecule has 5 nitrogen and oxygen atoms in total. The topological polar surface area (TPSA) is 66.0 Å². The van der Waals surface area contributed by atoms with Crippen molar-refractivity contribution in [1.29, 1.82) is 0 Å². The van der Waals surface area contributed by atoms with Gasteiger partial charge >= 0.3 is 0 Å². The lowest BCUT2D eigenvalue weighted by molar-refractivity contribution is 0.00888. The van der Waals surface area contributed by atoms with Gasteiger partial charge in [-0.25, -0.2) is 9.67 Å². The smallest absolute Gasteiger partial charge is 0.152 e. The van der Waals surface area contributed by atoms with Gasteiger partial charge in [-0.05, 0) is 32.1 Å². The molecule has 0 saturated heterocycles. The average molecular weight is 238 g/mol. The standard InChI is InChI=1S/C12H22N4O/c1-2-7-16-12(14-9-15-16)8-17-11-5-3-10(13)4-6-11/h9-11H,2-8,13H2,1H3. The second-order valence-electron chi connectivity index (χ2n) is 4.75. The van der Waals surface area contributed by atoms with Gasteiger partial charge in [0.15, 0.2) is 5.82 Å². The van der Waals surface area contributed by atoms with E-state index in [4.69, 9.17) is 10.5 Å². The lowest BCUT2D eigenvalue weighted by Gasteiger charge is -2.25. The summed E-state index contributed by atoms with van der Waals surface area (Å²) in [4.78, 5) is 4.24. The zero-order valence-corrected chi connectivity index (χ0v) is 10.5. The Morgan fingerprint density at radius 3 is 2.88 bits per heavy atom. The Balaban J connectivity index is 1.79. The van der Waals surface area contributed by atoms with Crippen molar-refractivity contribution in [2.75, 3.05) is 0 Å². The van der Waals surface area contributed by atoms with Crippen LogP contribution in [0.25, 0.3) is 0 Å². The Hall–Kier alpha value is -0.940. The summed E-state index contributed by atoms with van der Waals surface area (Å²) >= 11 is 0. The molecule has 0 radical (unpaired) electrons. The van der Waals surface area contributed by atoms with Gasteiger partial charge in [0.1, 0.15) is 12.9 Å². The first-order valence-corrected chi connectivity index (χ1v) is 6.53. The Labute approximate surface area is 102 Å². The van der Waals surface area contributed by atoms with Gasteiger partial charge in [-0.2, -0.15) is 5.10 Å². The van der Waals surface area contributed by atoms with Crippen LogP contribution in [-0.2, 0) is 17.9 Å². The first kappa shape index (κ1) is 12.5. The van der Waals surface area contributed by atoms with Crippen molar-refractivity contribution >= 4 is 0 Å². The van der Waals surface area contributed by atoms with Gasteiger partial charge in [-0.3, -0.25) is 0 Å². The second-order valence-corrected chi connectivity index (χ2v) is 4.75. The third-order valence-corrected chi connectivity index (χ3v) is 3.30. The molecule has 0 spiro atoms. The summed E-state index contributed by atoms with van der Waals surface area (Å²) in [5, 5.41) is 4.19. The van der Waals surface area contributed by atoms with Crippen molar-refractivity contribution in [3.63, 3.8) is 0 Å². The van der Waals surface area contributed by atoms with Gasteiger partial charge in [0, 0.05) is 12.6 Å². The minimum absolute atomic E-state index is 0.349. The fraction of sp³-hybridized carbons (Fsp3) is 0.833. The maximum Gasteiger partial charge on any atom is 0.152 e. The van der Waals surface area contributed by atoms with Crippen LogP contribution in [0.4, 0.5) is 0 Å². The van der Waals surface area contributed by atoms with Crippen molar-refractivity contribution in [3.8, 4) is 0 Å². The van der Waals surface area contributed by atoms with Crippen LogP contribution in [0.15, 0.2) is 6.33 Å². The molecule has 0 aromatic carbocycles. The lowest BCUT2D eigenvalue weighted by Crippen LogP contribution is -2.30. The molecule has 2 N–H and O–H groups in total. The maximum absolute atomic E-state index is 5.88. The SMILES string of the molecule is CCCn1ncnc1COC1CCC(N)CC1. The molecule has 5 heteroatoms. The van der Waals surface area contributed by atoms with Crippen LogP contribution in [0.1, 0.15) is 44.9 Å². The Bertz CT molecular complexity index is 331. The van der Waals surface area contributed by atoms with Crippen molar-refractivity contribution in [1.82, 2.24) is 14.8 Å².